The summed E-state index contributed by atoms with van der Waals surface area (Å²) >= 11 is 5.40. The van der Waals surface area contributed by atoms with Gasteiger partial charge in [-0.1, -0.05) is 66.7 Å². The van der Waals surface area contributed by atoms with Crippen LogP contribution in [0.5, 0.6) is 0 Å². The molecule has 1 aromatic rings. The molecule has 1 aromatic carbocycles. The van der Waals surface area contributed by atoms with E-state index in [0.717, 1.165) is 21.9 Å². The number of hydrogen-bond donors (Lipinski definition) is 1. The second-order valence-corrected chi connectivity index (χ2v) is 7.85. The Morgan fingerprint density at radius 2 is 2.11 bits per heavy atom. The fourth-order valence-corrected chi connectivity index (χ4v) is 3.40. The number of aliphatic imine (C=N–C) groups is 1. The number of hydrogen-bond acceptors (Lipinski definition) is 2. The summed E-state index contributed by atoms with van der Waals surface area (Å²) in [5, 5.41) is 4.67. The summed E-state index contributed by atoms with van der Waals surface area (Å²) in [6.07, 6.45) is 1.21. The molecule has 0 aliphatic carbocycles. The molecule has 1 N–H and O–H groups in total. The summed E-state index contributed by atoms with van der Waals surface area (Å²) < 4.78 is 1.13. The fraction of sp³-hybridized carbons (Fsp3) is 0.533. The first-order chi connectivity index (χ1) is 8.97. The van der Waals surface area contributed by atoms with Gasteiger partial charge in [0.05, 0.1) is 6.54 Å². The van der Waals surface area contributed by atoms with Gasteiger partial charge in [0.2, 0.25) is 0 Å². The second-order valence-electron chi connectivity index (χ2n) is 5.91. The molecule has 1 unspecified atom stereocenters. The van der Waals surface area contributed by atoms with E-state index in [1.807, 2.05) is 17.8 Å². The molecule has 0 spiro atoms. The number of nitrogens with one attached hydrogen (secondary N) is 1. The first kappa shape index (κ1) is 14.9. The van der Waals surface area contributed by atoms with Crippen molar-refractivity contribution >= 4 is 32.9 Å². The number of nitrogens with zero attached hydrogens (tertiary/aromatic N) is 1. The van der Waals surface area contributed by atoms with Crippen molar-refractivity contribution in [2.45, 2.75) is 39.8 Å². The average molecular weight is 341 g/mol. The minimum absolute atomic E-state index is 0.287. The number of benzene rings is 1. The van der Waals surface area contributed by atoms with Gasteiger partial charge in [0.25, 0.3) is 0 Å². The van der Waals surface area contributed by atoms with Crippen LogP contribution in [0.4, 0.5) is 0 Å². The molecule has 1 aliphatic heterocycles. The number of amidine groups is 1. The van der Waals surface area contributed by atoms with Crippen LogP contribution in [0, 0.1) is 5.41 Å². The summed E-state index contributed by atoms with van der Waals surface area (Å²) in [7, 11) is 0. The minimum Gasteiger partial charge on any atom is -0.362 e. The molecule has 0 saturated carbocycles. The Hall–Kier alpha value is -0.480. The lowest BCUT2D eigenvalue weighted by Gasteiger charge is -2.35. The van der Waals surface area contributed by atoms with Crippen LogP contribution in [0.1, 0.15) is 32.8 Å². The maximum absolute atomic E-state index is 4.72. The Bertz CT molecular complexity index is 465. The van der Waals surface area contributed by atoms with E-state index < -0.39 is 0 Å². The molecule has 2 rings (SSSR count). The van der Waals surface area contributed by atoms with Crippen LogP contribution in [-0.2, 0) is 6.54 Å². The molecule has 0 aromatic heterocycles. The quantitative estimate of drug-likeness (QED) is 0.860. The van der Waals surface area contributed by atoms with E-state index in [1.165, 1.54) is 12.0 Å². The highest BCUT2D eigenvalue weighted by molar-refractivity contribution is 9.10. The molecule has 1 heterocycles. The fourth-order valence-electron chi connectivity index (χ4n) is 2.06. The summed E-state index contributed by atoms with van der Waals surface area (Å²) in [6, 6.07) is 8.79. The summed E-state index contributed by atoms with van der Waals surface area (Å²) in [5.74, 6) is 1.16. The maximum Gasteiger partial charge on any atom is 0.157 e. The van der Waals surface area contributed by atoms with Crippen LogP contribution in [0.3, 0.4) is 0 Å². The number of thioether (sulfide) groups is 1. The van der Waals surface area contributed by atoms with Crippen molar-refractivity contribution in [1.29, 1.82) is 0 Å². The normalized spacial score (nSPS) is 22.3. The van der Waals surface area contributed by atoms with Crippen molar-refractivity contribution in [3.05, 3.63) is 34.3 Å². The van der Waals surface area contributed by atoms with Crippen molar-refractivity contribution in [3.63, 3.8) is 0 Å². The molecule has 1 fully saturated rings. The molecule has 4 heteroatoms. The first-order valence-corrected chi connectivity index (χ1v) is 8.42. The molecule has 1 saturated heterocycles. The zero-order chi connectivity index (χ0) is 13.9. The van der Waals surface area contributed by atoms with Crippen LogP contribution in [0.2, 0.25) is 0 Å². The van der Waals surface area contributed by atoms with Crippen LogP contribution in [0.15, 0.2) is 33.7 Å². The highest BCUT2D eigenvalue weighted by atomic mass is 79.9. The van der Waals surface area contributed by atoms with Gasteiger partial charge in [-0.25, -0.2) is 0 Å². The molecule has 1 aliphatic rings. The minimum atomic E-state index is 0.287. The van der Waals surface area contributed by atoms with Gasteiger partial charge in [0, 0.05) is 16.3 Å². The van der Waals surface area contributed by atoms with E-state index in [0.29, 0.717) is 6.04 Å². The smallest absolute Gasteiger partial charge is 0.157 e. The second kappa shape index (κ2) is 6.31. The van der Waals surface area contributed by atoms with Crippen LogP contribution < -0.4 is 5.32 Å². The third-order valence-corrected chi connectivity index (χ3v) is 5.07. The zero-order valence-electron chi connectivity index (χ0n) is 11.7. The lowest BCUT2D eigenvalue weighted by Crippen LogP contribution is -2.46. The van der Waals surface area contributed by atoms with Crippen molar-refractivity contribution in [1.82, 2.24) is 5.32 Å². The first-order valence-electron chi connectivity index (χ1n) is 6.64. The predicted molar refractivity (Wildman–Crippen MR) is 88.7 cm³/mol. The van der Waals surface area contributed by atoms with E-state index in [-0.39, 0.29) is 5.41 Å². The van der Waals surface area contributed by atoms with Crippen molar-refractivity contribution in [2.24, 2.45) is 10.4 Å². The van der Waals surface area contributed by atoms with E-state index >= 15 is 0 Å². The van der Waals surface area contributed by atoms with Gasteiger partial charge in [0.1, 0.15) is 0 Å². The van der Waals surface area contributed by atoms with Gasteiger partial charge in [-0.2, -0.15) is 0 Å². The molecule has 104 valence electrons. The Balaban J connectivity index is 2.02. The largest absolute Gasteiger partial charge is 0.362 e. The molecule has 0 bridgehead atoms. The van der Waals surface area contributed by atoms with Crippen LogP contribution in [0.25, 0.3) is 0 Å². The highest BCUT2D eigenvalue weighted by Gasteiger charge is 2.28. The Kier molecular flexibility index (Phi) is 4.96. The Morgan fingerprint density at radius 3 is 2.79 bits per heavy atom. The predicted octanol–water partition coefficient (Wildman–Crippen LogP) is 4.45. The summed E-state index contributed by atoms with van der Waals surface area (Å²) in [4.78, 5) is 4.72. The van der Waals surface area contributed by atoms with Gasteiger partial charge in [-0.3, -0.25) is 4.99 Å². The standard InChI is InChI=1S/C15H21BrN2S/c1-15(2,3)13-8-9-19-14(18-13)17-10-11-6-4-5-7-12(11)16/h4-7,13H,8-10H2,1-3H3,(H,17,18). The number of rotatable bonds is 2. The molecule has 19 heavy (non-hydrogen) atoms. The zero-order valence-corrected chi connectivity index (χ0v) is 14.1. The molecular weight excluding hydrogens is 320 g/mol. The summed E-state index contributed by atoms with van der Waals surface area (Å²) in [6.45, 7) is 7.58. The van der Waals surface area contributed by atoms with E-state index in [1.54, 1.807) is 0 Å². The van der Waals surface area contributed by atoms with Gasteiger partial charge < -0.3 is 5.32 Å². The summed E-state index contributed by atoms with van der Waals surface area (Å²) in [5.41, 5.74) is 1.52. The average Bonchev–Trinajstić information content (AvgIpc) is 2.37. The molecule has 0 amide bonds. The Morgan fingerprint density at radius 1 is 1.37 bits per heavy atom. The third-order valence-electron chi connectivity index (χ3n) is 3.34. The van der Waals surface area contributed by atoms with Crippen molar-refractivity contribution in [3.8, 4) is 0 Å². The lowest BCUT2D eigenvalue weighted by atomic mass is 9.85. The van der Waals surface area contributed by atoms with Crippen LogP contribution in [-0.4, -0.2) is 17.0 Å². The van der Waals surface area contributed by atoms with E-state index in [9.17, 15) is 0 Å². The molecule has 2 nitrogen and oxygen atoms in total. The van der Waals surface area contributed by atoms with Gasteiger partial charge in [0.15, 0.2) is 5.17 Å². The van der Waals surface area contributed by atoms with Crippen LogP contribution >= 0.6 is 27.7 Å². The topological polar surface area (TPSA) is 24.4 Å². The lowest BCUT2D eigenvalue weighted by molar-refractivity contribution is 0.290. The number of halogens is 1. The van der Waals surface area contributed by atoms with Crippen molar-refractivity contribution < 1.29 is 0 Å². The third kappa shape index (κ3) is 4.25. The molecule has 0 radical (unpaired) electrons. The van der Waals surface area contributed by atoms with Gasteiger partial charge in [-0.05, 0) is 23.5 Å². The van der Waals surface area contributed by atoms with Gasteiger partial charge in [-0.15, -0.1) is 0 Å². The Labute approximate surface area is 128 Å². The SMILES string of the molecule is CC(C)(C)C1CCSC(=NCc2ccccc2Br)N1. The van der Waals surface area contributed by atoms with E-state index in [4.69, 9.17) is 4.99 Å². The van der Waals surface area contributed by atoms with Crippen molar-refractivity contribution in [2.75, 3.05) is 5.75 Å². The van der Waals surface area contributed by atoms with Gasteiger partial charge >= 0.3 is 0 Å². The molecule has 1 atom stereocenters. The van der Waals surface area contributed by atoms with E-state index in [2.05, 4.69) is 60.2 Å². The molecular formula is C15H21BrN2S. The maximum atomic E-state index is 4.72. The monoisotopic (exact) mass is 340 g/mol. The highest BCUT2D eigenvalue weighted by Crippen LogP contribution is 2.27.